The van der Waals surface area contributed by atoms with E-state index >= 15 is 0 Å². The number of hydrogen-bond donors (Lipinski definition) is 0. The summed E-state index contributed by atoms with van der Waals surface area (Å²) < 4.78 is 5.46. The highest BCUT2D eigenvalue weighted by molar-refractivity contribution is 6.16. The van der Waals surface area contributed by atoms with Crippen LogP contribution in [-0.4, -0.2) is 30.4 Å². The molecule has 5 heteroatoms. The summed E-state index contributed by atoms with van der Waals surface area (Å²) in [5.74, 6) is -2.19. The highest BCUT2D eigenvalue weighted by Crippen LogP contribution is 2.65. The van der Waals surface area contributed by atoms with Crippen LogP contribution in [0.15, 0.2) is 24.3 Å². The average Bonchev–Trinajstić information content (AvgIpc) is 2.77. The van der Waals surface area contributed by atoms with Crippen LogP contribution in [0, 0.1) is 34.0 Å². The molecule has 0 aromatic heterocycles. The van der Waals surface area contributed by atoms with Gasteiger partial charge in [0.1, 0.15) is 18.3 Å². The van der Waals surface area contributed by atoms with E-state index in [4.69, 9.17) is 4.74 Å². The highest BCUT2D eigenvalue weighted by atomic mass is 16.5. The fourth-order valence-electron chi connectivity index (χ4n) is 5.91. The van der Waals surface area contributed by atoms with Gasteiger partial charge in [0, 0.05) is 5.92 Å². The van der Waals surface area contributed by atoms with Crippen molar-refractivity contribution in [3.05, 3.63) is 24.3 Å². The molecule has 2 saturated carbocycles. The van der Waals surface area contributed by atoms with E-state index in [-0.39, 0.29) is 24.1 Å². The lowest BCUT2D eigenvalue weighted by molar-refractivity contribution is -0.202. The zero-order valence-corrected chi connectivity index (χ0v) is 14.5. The van der Waals surface area contributed by atoms with Gasteiger partial charge < -0.3 is 9.53 Å². The molecule has 5 atom stereocenters. The Morgan fingerprint density at radius 1 is 1.24 bits per heavy atom. The maximum absolute atomic E-state index is 13.1. The van der Waals surface area contributed by atoms with E-state index in [1.165, 1.54) is 6.08 Å². The zero-order chi connectivity index (χ0) is 18.2. The Balaban J connectivity index is 1.95. The number of hydrogen-bond acceptors (Lipinski definition) is 5. The molecule has 1 heterocycles. The number of ketones is 2. The topological polar surface area (TPSA) is 77.5 Å². The Morgan fingerprint density at radius 3 is 2.64 bits per heavy atom. The number of aldehydes is 1. The monoisotopic (exact) mass is 342 g/mol. The van der Waals surface area contributed by atoms with Crippen molar-refractivity contribution in [3.8, 4) is 0 Å². The smallest absolute Gasteiger partial charge is 0.320 e. The first-order chi connectivity index (χ1) is 11.7. The molecule has 0 N–H and O–H groups in total. The molecular weight excluding hydrogens is 320 g/mol. The van der Waals surface area contributed by atoms with Gasteiger partial charge in [0.25, 0.3) is 0 Å². The third-order valence-electron chi connectivity index (χ3n) is 7.20. The van der Waals surface area contributed by atoms with Crippen LogP contribution in [0.3, 0.4) is 0 Å². The van der Waals surface area contributed by atoms with Gasteiger partial charge in [0.15, 0.2) is 11.6 Å². The Morgan fingerprint density at radius 2 is 1.96 bits per heavy atom. The van der Waals surface area contributed by atoms with Crippen molar-refractivity contribution in [3.63, 3.8) is 0 Å². The minimum atomic E-state index is -1.34. The molecule has 2 bridgehead atoms. The number of Topliss-reactive ketones (excluding diaryl/α,β-unsaturated/α-hetero) is 1. The first-order valence-electron chi connectivity index (χ1n) is 8.81. The normalized spacial score (nSPS) is 44.6. The van der Waals surface area contributed by atoms with Crippen LogP contribution in [0.1, 0.15) is 33.1 Å². The molecule has 1 aliphatic heterocycles. The van der Waals surface area contributed by atoms with Crippen LogP contribution in [0.4, 0.5) is 0 Å². The number of carbonyl (C=O) groups excluding carboxylic acids is 4. The summed E-state index contributed by atoms with van der Waals surface area (Å²) in [4.78, 5) is 50.9. The standard InChI is InChI=1S/C20H22O5/c1-11-12-4-5-13-19(8-12,16(11)23)17(24)25-10-20(13)14(9-21)18(2,3)7-6-15(20)22/h6-7,9,12-14H,1,4-5,8,10H2,2-3H3/t12-,13-,14-,19+,20+/m1/s1. The van der Waals surface area contributed by atoms with Crippen molar-refractivity contribution >= 4 is 23.8 Å². The number of ether oxygens (including phenoxy) is 1. The predicted octanol–water partition coefficient (Wildman–Crippen LogP) is 2.05. The second-order valence-electron chi connectivity index (χ2n) is 8.61. The summed E-state index contributed by atoms with van der Waals surface area (Å²) in [6.45, 7) is 7.57. The van der Waals surface area contributed by atoms with E-state index in [0.29, 0.717) is 18.4 Å². The summed E-state index contributed by atoms with van der Waals surface area (Å²) in [5.41, 5.74) is -2.57. The van der Waals surface area contributed by atoms with E-state index in [1.54, 1.807) is 6.08 Å². The molecule has 2 spiro atoms. The third-order valence-corrected chi connectivity index (χ3v) is 7.20. The van der Waals surface area contributed by atoms with E-state index in [9.17, 15) is 19.2 Å². The van der Waals surface area contributed by atoms with Gasteiger partial charge in [-0.2, -0.15) is 0 Å². The second-order valence-corrected chi connectivity index (χ2v) is 8.61. The van der Waals surface area contributed by atoms with Gasteiger partial charge in [-0.1, -0.05) is 26.5 Å². The molecule has 25 heavy (non-hydrogen) atoms. The molecule has 132 valence electrons. The highest BCUT2D eigenvalue weighted by Gasteiger charge is 2.73. The van der Waals surface area contributed by atoms with Crippen LogP contribution in [0.25, 0.3) is 0 Å². The number of rotatable bonds is 1. The first kappa shape index (κ1) is 16.4. The van der Waals surface area contributed by atoms with E-state index in [1.807, 2.05) is 13.8 Å². The van der Waals surface area contributed by atoms with E-state index < -0.39 is 34.1 Å². The van der Waals surface area contributed by atoms with Crippen molar-refractivity contribution in [2.75, 3.05) is 6.61 Å². The number of esters is 1. The average molecular weight is 342 g/mol. The summed E-state index contributed by atoms with van der Waals surface area (Å²) in [6.07, 6.45) is 5.71. The Kier molecular flexibility index (Phi) is 3.14. The molecule has 4 rings (SSSR count). The molecule has 0 aromatic rings. The lowest BCUT2D eigenvalue weighted by Gasteiger charge is -2.56. The Labute approximate surface area is 146 Å². The van der Waals surface area contributed by atoms with Crippen molar-refractivity contribution < 1.29 is 23.9 Å². The largest absolute Gasteiger partial charge is 0.464 e. The number of allylic oxidation sites excluding steroid dienone is 3. The fraction of sp³-hybridized carbons (Fsp3) is 0.600. The maximum Gasteiger partial charge on any atom is 0.320 e. The zero-order valence-electron chi connectivity index (χ0n) is 14.5. The first-order valence-corrected chi connectivity index (χ1v) is 8.81. The lowest BCUT2D eigenvalue weighted by Crippen LogP contribution is -2.66. The molecule has 3 fully saturated rings. The van der Waals surface area contributed by atoms with Crippen LogP contribution in [0.5, 0.6) is 0 Å². The molecule has 4 aliphatic rings. The van der Waals surface area contributed by atoms with Gasteiger partial charge in [-0.15, -0.1) is 0 Å². The second kappa shape index (κ2) is 4.77. The Hall–Kier alpha value is -2.04. The summed E-state index contributed by atoms with van der Waals surface area (Å²) in [6, 6.07) is 0. The van der Waals surface area contributed by atoms with Crippen molar-refractivity contribution in [2.24, 2.45) is 34.0 Å². The van der Waals surface area contributed by atoms with Gasteiger partial charge in [-0.3, -0.25) is 14.4 Å². The minimum absolute atomic E-state index is 0.0247. The molecule has 5 nitrogen and oxygen atoms in total. The number of carbonyl (C=O) groups is 4. The fourth-order valence-corrected chi connectivity index (χ4v) is 5.91. The molecule has 0 unspecified atom stereocenters. The number of fused-ring (bicyclic) bond motifs is 2. The minimum Gasteiger partial charge on any atom is -0.464 e. The Bertz CT molecular complexity index is 760. The van der Waals surface area contributed by atoms with Gasteiger partial charge in [-0.05, 0) is 48.2 Å². The van der Waals surface area contributed by atoms with Gasteiger partial charge in [0.2, 0.25) is 0 Å². The van der Waals surface area contributed by atoms with Gasteiger partial charge in [-0.25, -0.2) is 0 Å². The summed E-state index contributed by atoms with van der Waals surface area (Å²) in [5, 5.41) is 0. The third kappa shape index (κ3) is 1.69. The molecule has 1 saturated heterocycles. The van der Waals surface area contributed by atoms with Crippen LogP contribution >= 0.6 is 0 Å². The van der Waals surface area contributed by atoms with E-state index in [0.717, 1.165) is 12.7 Å². The van der Waals surface area contributed by atoms with E-state index in [2.05, 4.69) is 6.58 Å². The molecular formula is C20H22O5. The number of cyclic esters (lactones) is 1. The van der Waals surface area contributed by atoms with Gasteiger partial charge >= 0.3 is 5.97 Å². The summed E-state index contributed by atoms with van der Waals surface area (Å²) in [7, 11) is 0. The quantitative estimate of drug-likeness (QED) is 0.315. The van der Waals surface area contributed by atoms with Crippen LogP contribution in [-0.2, 0) is 23.9 Å². The molecule has 0 radical (unpaired) electrons. The predicted molar refractivity (Wildman–Crippen MR) is 88.3 cm³/mol. The van der Waals surface area contributed by atoms with Crippen molar-refractivity contribution in [1.82, 2.24) is 0 Å². The SMILES string of the molecule is C=C1C(=O)[C@]23C[C@H]1CC[C@H]2[C@]1(COC3=O)C(=O)C=CC(C)(C)[C@H]1C=O. The maximum atomic E-state index is 13.1. The van der Waals surface area contributed by atoms with Crippen molar-refractivity contribution in [1.29, 1.82) is 0 Å². The molecule has 0 amide bonds. The lowest BCUT2D eigenvalue weighted by atomic mass is 9.46. The van der Waals surface area contributed by atoms with Crippen LogP contribution < -0.4 is 0 Å². The molecule has 0 aromatic carbocycles. The van der Waals surface area contributed by atoms with Crippen LogP contribution in [0.2, 0.25) is 0 Å². The molecule has 3 aliphatic carbocycles. The summed E-state index contributed by atoms with van der Waals surface area (Å²) >= 11 is 0. The van der Waals surface area contributed by atoms with Gasteiger partial charge in [0.05, 0.1) is 5.41 Å². The van der Waals surface area contributed by atoms with Crippen molar-refractivity contribution in [2.45, 2.75) is 33.1 Å².